The summed E-state index contributed by atoms with van der Waals surface area (Å²) in [5, 5.41) is 8.12. The minimum Gasteiger partial charge on any atom is -0.476 e. The quantitative estimate of drug-likeness (QED) is 0.0947. The Balaban J connectivity index is 0. The summed E-state index contributed by atoms with van der Waals surface area (Å²) in [7, 11) is 3.96. The highest BCUT2D eigenvalue weighted by molar-refractivity contribution is 6.31. The first-order valence-corrected chi connectivity index (χ1v) is 20.1. The van der Waals surface area contributed by atoms with Crippen LogP contribution in [-0.2, 0) is 9.59 Å². The number of nitrogens with one attached hydrogen (secondary N) is 1. The van der Waals surface area contributed by atoms with Crippen LogP contribution >= 0.6 is 11.6 Å². The van der Waals surface area contributed by atoms with E-state index in [-0.39, 0.29) is 5.56 Å². The molecule has 4 aromatic carbocycles. The van der Waals surface area contributed by atoms with E-state index in [0.717, 1.165) is 57.2 Å². The molecule has 0 saturated heterocycles. The number of carbonyl (C=O) groups is 2. The van der Waals surface area contributed by atoms with E-state index in [1.807, 2.05) is 173 Å². The maximum absolute atomic E-state index is 11.1. The van der Waals surface area contributed by atoms with E-state index in [9.17, 15) is 14.4 Å². The molecule has 13 nitrogen and oxygen atoms in total. The van der Waals surface area contributed by atoms with Gasteiger partial charge in [0, 0.05) is 21.0 Å². The molecule has 0 aliphatic rings. The number of nitrogens with zero attached hydrogens (tertiary/aromatic N) is 6. The molecular formula is C46H64ClN9O4. The van der Waals surface area contributed by atoms with Gasteiger partial charge in [-0.3, -0.25) is 9.59 Å². The monoisotopic (exact) mass is 841 g/mol. The molecule has 0 amide bonds. The lowest BCUT2D eigenvalue weighted by molar-refractivity contribution is -0.148. The van der Waals surface area contributed by atoms with E-state index in [4.69, 9.17) is 28.2 Å². The smallest absolute Gasteiger partial charge is 0.371 e. The summed E-state index contributed by atoms with van der Waals surface area (Å²) in [4.78, 5) is 56.3. The van der Waals surface area contributed by atoms with Crippen molar-refractivity contribution in [3.05, 3.63) is 130 Å². The zero-order valence-corrected chi connectivity index (χ0v) is 38.4. The highest BCUT2D eigenvalue weighted by Gasteiger charge is 2.06. The summed E-state index contributed by atoms with van der Waals surface area (Å²) in [6, 6.07) is 30.3. The minimum atomic E-state index is -1.38. The average molecular weight is 843 g/mol. The van der Waals surface area contributed by atoms with Crippen molar-refractivity contribution in [1.29, 1.82) is 0 Å². The molecule has 0 radical (unpaired) electrons. The topological polar surface area (TPSA) is 207 Å². The van der Waals surface area contributed by atoms with Crippen LogP contribution in [0.25, 0.3) is 33.1 Å². The van der Waals surface area contributed by atoms with Gasteiger partial charge in [-0.25, -0.2) is 29.7 Å². The Bertz CT molecular complexity index is 2290. The molecule has 0 saturated carbocycles. The van der Waals surface area contributed by atoms with Gasteiger partial charge in [0.2, 0.25) is 5.78 Å². The number of benzene rings is 4. The minimum absolute atomic E-state index is 0.117. The molecule has 0 spiro atoms. The zero-order chi connectivity index (χ0) is 46.4. The second-order valence-electron chi connectivity index (χ2n) is 11.3. The van der Waals surface area contributed by atoms with Crippen LogP contribution in [0.15, 0.2) is 102 Å². The number of aromatic nitrogens is 6. The number of ketones is 1. The first kappa shape index (κ1) is 55.6. The summed E-state index contributed by atoms with van der Waals surface area (Å²) in [6.45, 7) is 22.5. The van der Waals surface area contributed by atoms with Crippen LogP contribution in [0.2, 0.25) is 5.15 Å². The molecule has 0 bridgehead atoms. The van der Waals surface area contributed by atoms with E-state index in [0.29, 0.717) is 22.2 Å². The van der Waals surface area contributed by atoms with Crippen LogP contribution in [0.4, 0.5) is 17.2 Å². The number of rotatable bonds is 2. The van der Waals surface area contributed by atoms with Gasteiger partial charge in [0.15, 0.2) is 5.15 Å². The molecule has 0 unspecified atom stereocenters. The number of aliphatic carboxylic acids is 1. The first-order valence-electron chi connectivity index (χ1n) is 19.8. The number of carboxylic acid groups (broad SMARTS) is 1. The Morgan fingerprint density at radius 3 is 1.30 bits per heavy atom. The van der Waals surface area contributed by atoms with Crippen LogP contribution in [0, 0.1) is 20.8 Å². The molecule has 6 N–H and O–H groups in total. The fourth-order valence-electron chi connectivity index (χ4n) is 4.20. The third-order valence-corrected chi connectivity index (χ3v) is 7.25. The highest BCUT2D eigenvalue weighted by Crippen LogP contribution is 2.18. The lowest BCUT2D eigenvalue weighted by atomic mass is 10.3. The molecular weight excluding hydrogens is 778 g/mol. The summed E-state index contributed by atoms with van der Waals surface area (Å²) in [6.07, 6.45) is 0. The van der Waals surface area contributed by atoms with E-state index < -0.39 is 11.8 Å². The Morgan fingerprint density at radius 2 is 0.900 bits per heavy atom. The lowest BCUT2D eigenvalue weighted by Crippen LogP contribution is -2.13. The van der Waals surface area contributed by atoms with Gasteiger partial charge in [0.25, 0.3) is 5.56 Å². The number of fused-ring (bicyclic) bond motifs is 3. The van der Waals surface area contributed by atoms with Gasteiger partial charge in [-0.15, -0.1) is 0 Å². The third kappa shape index (κ3) is 19.8. The number of aromatic amines is 1. The number of H-pyrrole nitrogens is 1. The standard InChI is InChI=1S/C11H13N3.C9H7ClN2.C9H8N2O.C6H8N2.C3H4O3.4C2H6/c1-8-11(14(2)3)13-10-7-5-4-6-9(10)12-8;1-6-9(10)12-8-5-3-2-4-7(8)11-6;1-6-9(12)11-8-5-3-2-4-7(8)10-6;7-5-3-1-2-4-6(5)8;1-2(4)3(5)6;4*1-2/h4-7H,1-3H3;2-5H,1H3;2-5H,1H3,(H,11,12);1-4H,7-8H2;1H3,(H,5,6);4*1-2H3. The van der Waals surface area contributed by atoms with E-state index in [1.165, 1.54) is 0 Å². The number of hydrogen-bond donors (Lipinski definition) is 4. The molecule has 0 aliphatic carbocycles. The van der Waals surface area contributed by atoms with E-state index in [2.05, 4.69) is 29.9 Å². The normalized spacial score (nSPS) is 8.98. The van der Waals surface area contributed by atoms with Crippen LogP contribution < -0.4 is 21.9 Å². The lowest BCUT2D eigenvalue weighted by Gasteiger charge is -2.13. The number of halogens is 1. The fraction of sp³-hybridized carbons (Fsp3) is 0.304. The van der Waals surface area contributed by atoms with Crippen molar-refractivity contribution in [2.45, 2.75) is 83.1 Å². The number of para-hydroxylation sites is 8. The SMILES string of the molecule is CC.CC.CC.CC.CC(=O)C(=O)O.Cc1nc2ccccc2[nH]c1=O.Cc1nc2ccccc2nc1Cl.Cc1nc2ccccc2nc1N(C)C.Nc1ccccc1N. The van der Waals surface area contributed by atoms with Gasteiger partial charge in [-0.1, -0.05) is 116 Å². The molecule has 3 aromatic heterocycles. The number of nitrogens with two attached hydrogens (primary N) is 2. The Hall–Kier alpha value is -6.47. The molecule has 60 heavy (non-hydrogen) atoms. The van der Waals surface area contributed by atoms with Gasteiger partial charge in [0.05, 0.1) is 55.9 Å². The largest absolute Gasteiger partial charge is 0.476 e. The molecule has 7 rings (SSSR count). The van der Waals surface area contributed by atoms with Crippen LogP contribution in [-0.4, -0.2) is 60.9 Å². The van der Waals surface area contributed by atoms with Crippen molar-refractivity contribution in [3.8, 4) is 0 Å². The van der Waals surface area contributed by atoms with Crippen molar-refractivity contribution in [2.75, 3.05) is 30.5 Å². The van der Waals surface area contributed by atoms with E-state index >= 15 is 0 Å². The average Bonchev–Trinajstić information content (AvgIpc) is 3.26. The van der Waals surface area contributed by atoms with Crippen molar-refractivity contribution in [1.82, 2.24) is 29.9 Å². The molecule has 3 heterocycles. The van der Waals surface area contributed by atoms with Gasteiger partial charge in [-0.05, 0) is 69.3 Å². The molecule has 7 aromatic rings. The highest BCUT2D eigenvalue weighted by atomic mass is 35.5. The number of nitrogen functional groups attached to an aromatic ring is 2. The molecule has 14 heteroatoms. The Morgan fingerprint density at radius 1 is 0.567 bits per heavy atom. The van der Waals surface area contributed by atoms with Gasteiger partial charge in [-0.2, -0.15) is 0 Å². The summed E-state index contributed by atoms with van der Waals surface area (Å²) >= 11 is 5.81. The summed E-state index contributed by atoms with van der Waals surface area (Å²) < 4.78 is 0. The summed E-state index contributed by atoms with van der Waals surface area (Å²) in [5.74, 6) is -1.27. The maximum atomic E-state index is 11.1. The molecule has 0 fully saturated rings. The predicted molar refractivity (Wildman–Crippen MR) is 254 cm³/mol. The fourth-order valence-corrected chi connectivity index (χ4v) is 4.33. The van der Waals surface area contributed by atoms with Crippen molar-refractivity contribution < 1.29 is 14.7 Å². The van der Waals surface area contributed by atoms with Crippen molar-refractivity contribution >= 4 is 73.6 Å². The Labute approximate surface area is 360 Å². The van der Waals surface area contributed by atoms with Gasteiger partial charge in [0.1, 0.15) is 11.5 Å². The van der Waals surface area contributed by atoms with Gasteiger partial charge >= 0.3 is 5.97 Å². The van der Waals surface area contributed by atoms with Gasteiger partial charge < -0.3 is 26.5 Å². The number of aryl methyl sites for hydroxylation is 3. The number of carboxylic acids is 1. The maximum Gasteiger partial charge on any atom is 0.371 e. The predicted octanol–water partition coefficient (Wildman–Crippen LogP) is 10.4. The molecule has 0 aliphatic heterocycles. The zero-order valence-electron chi connectivity index (χ0n) is 37.6. The van der Waals surface area contributed by atoms with Crippen molar-refractivity contribution in [2.24, 2.45) is 0 Å². The number of Topliss-reactive ketones (excluding diaryl/α,β-unsaturated/α-hetero) is 1. The van der Waals surface area contributed by atoms with Crippen molar-refractivity contribution in [3.63, 3.8) is 0 Å². The number of carbonyl (C=O) groups excluding carboxylic acids is 1. The van der Waals surface area contributed by atoms with E-state index in [1.54, 1.807) is 19.1 Å². The number of hydrogen-bond acceptors (Lipinski definition) is 11. The number of anilines is 3. The Kier molecular flexibility index (Phi) is 29.2. The first-order chi connectivity index (χ1) is 28.7. The van der Waals surface area contributed by atoms with Crippen LogP contribution in [0.3, 0.4) is 0 Å². The second kappa shape index (κ2) is 31.5. The second-order valence-corrected chi connectivity index (χ2v) is 11.6. The molecule has 324 valence electrons. The summed E-state index contributed by atoms with van der Waals surface area (Å²) in [5.41, 5.74) is 19.5. The van der Waals surface area contributed by atoms with Crippen LogP contribution in [0.5, 0.6) is 0 Å². The molecule has 0 atom stereocenters. The van der Waals surface area contributed by atoms with Crippen LogP contribution in [0.1, 0.15) is 79.4 Å². The third-order valence-electron chi connectivity index (χ3n) is 6.90.